The van der Waals surface area contributed by atoms with Crippen molar-refractivity contribution in [1.82, 2.24) is 19.6 Å². The van der Waals surface area contributed by atoms with Gasteiger partial charge in [0, 0.05) is 62.9 Å². The molecule has 1 aliphatic heterocycles. The lowest BCUT2D eigenvalue weighted by atomic mass is 9.89. The molecule has 2 aliphatic rings. The van der Waals surface area contributed by atoms with E-state index in [9.17, 15) is 4.79 Å². The Bertz CT molecular complexity index is 1200. The first-order chi connectivity index (χ1) is 17.1. The molecule has 0 atom stereocenters. The van der Waals surface area contributed by atoms with Crippen LogP contribution in [0.25, 0.3) is 16.1 Å². The van der Waals surface area contributed by atoms with E-state index in [0.29, 0.717) is 6.54 Å². The Balaban J connectivity index is 1.41. The molecule has 3 heterocycles. The highest BCUT2D eigenvalue weighted by Crippen LogP contribution is 2.37. The van der Waals surface area contributed by atoms with Crippen LogP contribution in [0.3, 0.4) is 0 Å². The van der Waals surface area contributed by atoms with Gasteiger partial charge in [0.1, 0.15) is 11.9 Å². The Morgan fingerprint density at radius 3 is 2.60 bits per heavy atom. The zero-order chi connectivity index (χ0) is 24.2. The summed E-state index contributed by atoms with van der Waals surface area (Å²) in [7, 11) is 0. The second kappa shape index (κ2) is 10.8. The number of pyridine rings is 1. The quantitative estimate of drug-likeness (QED) is 0.428. The van der Waals surface area contributed by atoms with E-state index >= 15 is 0 Å². The van der Waals surface area contributed by atoms with Gasteiger partial charge in [0.15, 0.2) is 0 Å². The van der Waals surface area contributed by atoms with Crippen LogP contribution >= 0.6 is 23.1 Å². The number of likely N-dealkylation sites (tertiary alicyclic amines) is 1. The highest BCUT2D eigenvalue weighted by molar-refractivity contribution is 7.09. The fraction of sp³-hybridized carbons (Fsp3) is 0.370. The van der Waals surface area contributed by atoms with Gasteiger partial charge in [-0.15, -0.1) is 0 Å². The second-order valence-corrected chi connectivity index (χ2v) is 10.3. The number of ether oxygens (including phenoxy) is 1. The monoisotopic (exact) mass is 508 g/mol. The largest absolute Gasteiger partial charge is 0.489 e. The van der Waals surface area contributed by atoms with E-state index in [2.05, 4.69) is 15.8 Å². The van der Waals surface area contributed by atoms with E-state index in [1.165, 1.54) is 29.1 Å². The van der Waals surface area contributed by atoms with Crippen LogP contribution in [-0.2, 0) is 11.3 Å². The van der Waals surface area contributed by atoms with Gasteiger partial charge in [-0.2, -0.15) is 0 Å². The maximum absolute atomic E-state index is 11.7. The molecule has 1 saturated heterocycles. The molecule has 6 nitrogen and oxygen atoms in total. The molecule has 2 aromatic heterocycles. The third-order valence-electron chi connectivity index (χ3n) is 6.70. The van der Waals surface area contributed by atoms with Crippen molar-refractivity contribution in [3.05, 3.63) is 70.6 Å². The summed E-state index contributed by atoms with van der Waals surface area (Å²) in [6, 6.07) is 12.0. The molecule has 1 aromatic carbocycles. The van der Waals surface area contributed by atoms with E-state index < -0.39 is 0 Å². The first-order valence-electron chi connectivity index (χ1n) is 12.1. The summed E-state index contributed by atoms with van der Waals surface area (Å²) >= 11 is 7.49. The van der Waals surface area contributed by atoms with Crippen molar-refractivity contribution in [2.45, 2.75) is 51.7 Å². The van der Waals surface area contributed by atoms with Crippen LogP contribution in [0, 0.1) is 0 Å². The lowest BCUT2D eigenvalue weighted by Crippen LogP contribution is -2.40. The Labute approximate surface area is 215 Å². The number of aromatic nitrogens is 2. The molecule has 8 heteroatoms. The van der Waals surface area contributed by atoms with Crippen LogP contribution in [0.5, 0.6) is 5.75 Å². The molecule has 1 N–H and O–H groups in total. The van der Waals surface area contributed by atoms with Crippen molar-refractivity contribution in [2.24, 2.45) is 0 Å². The van der Waals surface area contributed by atoms with Gasteiger partial charge < -0.3 is 15.0 Å². The van der Waals surface area contributed by atoms with Crippen molar-refractivity contribution in [3.8, 4) is 16.2 Å². The number of nitrogens with one attached hydrogen (secondary N) is 1. The van der Waals surface area contributed by atoms with Gasteiger partial charge in [-0.1, -0.05) is 23.7 Å². The van der Waals surface area contributed by atoms with Gasteiger partial charge in [-0.05, 0) is 60.1 Å². The van der Waals surface area contributed by atoms with Gasteiger partial charge in [0.2, 0.25) is 5.91 Å². The number of hydrogen-bond donors (Lipinski definition) is 1. The summed E-state index contributed by atoms with van der Waals surface area (Å²) in [6.45, 7) is 3.79. The molecule has 0 bridgehead atoms. The fourth-order valence-electron chi connectivity index (χ4n) is 4.47. The second-order valence-electron chi connectivity index (χ2n) is 9.08. The minimum atomic E-state index is 0.0642. The molecule has 0 spiro atoms. The number of carbonyl (C=O) groups is 1. The number of nitrogens with zero attached hydrogens (tertiary/aromatic N) is 3. The maximum Gasteiger partial charge on any atom is 0.219 e. The minimum absolute atomic E-state index is 0.0642. The van der Waals surface area contributed by atoms with Gasteiger partial charge in [0.05, 0.1) is 21.8 Å². The molecule has 0 radical (unpaired) electrons. The average Bonchev–Trinajstić information content (AvgIpc) is 3.36. The SMILES string of the molecule is CC(=O)N1CCC(Oc2cc(C(NCc3ccc(Cl)cc3)=C3CCC3)ncc2-c2ccns2)CC1. The van der Waals surface area contributed by atoms with E-state index in [1.807, 2.05) is 41.4 Å². The molecular weight excluding hydrogens is 480 g/mol. The van der Waals surface area contributed by atoms with Crippen molar-refractivity contribution >= 4 is 34.7 Å². The van der Waals surface area contributed by atoms with Crippen LogP contribution < -0.4 is 10.1 Å². The zero-order valence-electron chi connectivity index (χ0n) is 19.8. The van der Waals surface area contributed by atoms with E-state index in [-0.39, 0.29) is 12.0 Å². The molecule has 1 amide bonds. The Morgan fingerprint density at radius 2 is 1.97 bits per heavy atom. The maximum atomic E-state index is 11.7. The van der Waals surface area contributed by atoms with Crippen LogP contribution in [0.4, 0.5) is 0 Å². The smallest absolute Gasteiger partial charge is 0.219 e. The first kappa shape index (κ1) is 23.8. The van der Waals surface area contributed by atoms with Gasteiger partial charge in [-0.25, -0.2) is 4.37 Å². The number of allylic oxidation sites excluding steroid dienone is 1. The predicted molar refractivity (Wildman–Crippen MR) is 140 cm³/mol. The van der Waals surface area contributed by atoms with Crippen LogP contribution in [0.1, 0.15) is 50.3 Å². The molecule has 2 fully saturated rings. The number of benzene rings is 1. The van der Waals surface area contributed by atoms with Crippen molar-refractivity contribution in [1.29, 1.82) is 0 Å². The third kappa shape index (κ3) is 5.68. The van der Waals surface area contributed by atoms with Gasteiger partial charge >= 0.3 is 0 Å². The summed E-state index contributed by atoms with van der Waals surface area (Å²) < 4.78 is 10.8. The van der Waals surface area contributed by atoms with Gasteiger partial charge in [0.25, 0.3) is 0 Å². The number of rotatable bonds is 7. The fourth-order valence-corrected chi connectivity index (χ4v) is 5.21. The molecule has 182 valence electrons. The van der Waals surface area contributed by atoms with Crippen molar-refractivity contribution in [3.63, 3.8) is 0 Å². The molecule has 1 aliphatic carbocycles. The zero-order valence-corrected chi connectivity index (χ0v) is 21.4. The molecule has 0 unspecified atom stereocenters. The third-order valence-corrected chi connectivity index (χ3v) is 7.73. The van der Waals surface area contributed by atoms with Crippen molar-refractivity contribution < 1.29 is 9.53 Å². The number of hydrogen-bond acceptors (Lipinski definition) is 6. The lowest BCUT2D eigenvalue weighted by Gasteiger charge is -2.32. The number of piperidine rings is 1. The molecule has 1 saturated carbocycles. The molecule has 35 heavy (non-hydrogen) atoms. The highest BCUT2D eigenvalue weighted by Gasteiger charge is 2.24. The normalized spacial score (nSPS) is 16.1. The Kier molecular flexibility index (Phi) is 7.35. The predicted octanol–water partition coefficient (Wildman–Crippen LogP) is 5.93. The molecular formula is C27H29ClN4O2S. The summed E-state index contributed by atoms with van der Waals surface area (Å²) in [5.74, 6) is 0.953. The number of amides is 1. The van der Waals surface area contributed by atoms with Crippen LogP contribution in [0.2, 0.25) is 5.02 Å². The van der Waals surface area contributed by atoms with Gasteiger partial charge in [-0.3, -0.25) is 9.78 Å². The highest BCUT2D eigenvalue weighted by atomic mass is 35.5. The topological polar surface area (TPSA) is 67.3 Å². The molecule has 3 aromatic rings. The standard InChI is InChI=1S/C27H29ClN4O2S/c1-18(33)32-13-10-22(11-14-32)34-25-15-24(29-17-23(25)26-9-12-31-35-26)27(20-3-2-4-20)30-16-19-5-7-21(28)8-6-19/h5-9,12,15,17,22,30H,2-4,10-11,13-14,16H2,1H3. The number of carbonyl (C=O) groups excluding carboxylic acids is 1. The Hall–Kier alpha value is -2.90. The van der Waals surface area contributed by atoms with E-state index in [0.717, 1.165) is 71.4 Å². The number of halogens is 1. The van der Waals surface area contributed by atoms with E-state index in [1.54, 1.807) is 13.1 Å². The van der Waals surface area contributed by atoms with E-state index in [4.69, 9.17) is 21.3 Å². The average molecular weight is 509 g/mol. The lowest BCUT2D eigenvalue weighted by molar-refractivity contribution is -0.130. The minimum Gasteiger partial charge on any atom is -0.489 e. The summed E-state index contributed by atoms with van der Waals surface area (Å²) in [5, 5.41) is 4.38. The Morgan fingerprint density at radius 1 is 1.20 bits per heavy atom. The first-order valence-corrected chi connectivity index (χ1v) is 13.3. The van der Waals surface area contributed by atoms with Crippen LogP contribution in [-0.4, -0.2) is 39.4 Å². The summed E-state index contributed by atoms with van der Waals surface area (Å²) in [4.78, 5) is 19.5. The molecule has 5 rings (SSSR count). The van der Waals surface area contributed by atoms with Crippen LogP contribution in [0.15, 0.2) is 54.4 Å². The summed E-state index contributed by atoms with van der Waals surface area (Å²) in [5.41, 5.74) is 5.52. The summed E-state index contributed by atoms with van der Waals surface area (Å²) in [6.07, 6.45) is 8.80. The van der Waals surface area contributed by atoms with Crippen molar-refractivity contribution in [2.75, 3.05) is 13.1 Å².